The van der Waals surface area contributed by atoms with Gasteiger partial charge < -0.3 is 9.13 Å². The first-order valence-corrected chi connectivity index (χ1v) is 22.0. The lowest BCUT2D eigenvalue weighted by atomic mass is 10.0. The van der Waals surface area contributed by atoms with E-state index in [2.05, 4.69) is 221 Å². The van der Waals surface area contributed by atoms with E-state index in [0.29, 0.717) is 17.5 Å². The normalized spacial score (nSPS) is 11.8. The number of thiophene rings is 1. The molecule has 0 aliphatic heterocycles. The number of hydrogen-bond acceptors (Lipinski definition) is 4. The Morgan fingerprint density at radius 2 is 0.794 bits per heavy atom. The number of para-hydroxylation sites is 3. The number of hydrogen-bond donors (Lipinski definition) is 0. The van der Waals surface area contributed by atoms with E-state index in [1.807, 2.05) is 0 Å². The van der Waals surface area contributed by atoms with Crippen molar-refractivity contribution >= 4 is 75.1 Å². The molecule has 0 spiro atoms. The Morgan fingerprint density at radius 3 is 1.52 bits per heavy atom. The summed E-state index contributed by atoms with van der Waals surface area (Å²) in [6, 6.07) is 75.6. The highest BCUT2D eigenvalue weighted by Crippen LogP contribution is 2.41. The molecule has 0 unspecified atom stereocenters. The molecule has 0 saturated heterocycles. The average molecular weight is 822 g/mol. The molecule has 0 fully saturated rings. The summed E-state index contributed by atoms with van der Waals surface area (Å²) in [4.78, 5) is 16.0. The van der Waals surface area contributed by atoms with E-state index in [1.54, 1.807) is 11.3 Å². The molecule has 294 valence electrons. The molecule has 0 radical (unpaired) electrons. The van der Waals surface area contributed by atoms with Crippen molar-refractivity contribution < 1.29 is 0 Å². The summed E-state index contributed by atoms with van der Waals surface area (Å²) in [7, 11) is 0. The number of rotatable bonds is 6. The first-order chi connectivity index (χ1) is 31.2. The lowest BCUT2D eigenvalue weighted by Gasteiger charge is -2.12. The van der Waals surface area contributed by atoms with Crippen LogP contribution in [0.3, 0.4) is 0 Å². The topological polar surface area (TPSA) is 48.5 Å². The number of nitrogens with zero attached hydrogens (tertiary/aromatic N) is 5. The minimum absolute atomic E-state index is 0.619. The van der Waals surface area contributed by atoms with Crippen molar-refractivity contribution in [2.75, 3.05) is 0 Å². The first kappa shape index (κ1) is 35.6. The first-order valence-electron chi connectivity index (χ1n) is 21.2. The Balaban J connectivity index is 1.02. The van der Waals surface area contributed by atoms with Crippen molar-refractivity contribution in [3.8, 4) is 56.7 Å². The van der Waals surface area contributed by atoms with Crippen LogP contribution in [0, 0.1) is 0 Å². The van der Waals surface area contributed by atoms with Gasteiger partial charge in [-0.2, -0.15) is 0 Å². The third-order valence-electron chi connectivity index (χ3n) is 12.4. The van der Waals surface area contributed by atoms with E-state index >= 15 is 0 Å². The summed E-state index contributed by atoms with van der Waals surface area (Å²) in [6.45, 7) is 0. The third kappa shape index (κ3) is 5.73. The standard InChI is InChI=1S/C57H35N5S/c1-3-15-36(16-4-1)37-29-31-52-47(34-37)42-21-8-11-27-50(42)62(52)41-20-13-17-38(33-41)55-58-56(60-57(59-55)46-25-14-24-45-44-23-9-12-28-53(44)63-54(45)46)39-30-32-51-48(35-39)43-22-7-10-26-49(43)61(51)40-18-5-2-6-19-40/h1-35H. The zero-order valence-corrected chi connectivity index (χ0v) is 34.7. The maximum atomic E-state index is 5.34. The summed E-state index contributed by atoms with van der Waals surface area (Å²) in [5, 5.41) is 7.19. The largest absolute Gasteiger partial charge is 0.309 e. The maximum absolute atomic E-state index is 5.34. The van der Waals surface area contributed by atoms with Gasteiger partial charge in [-0.1, -0.05) is 133 Å². The number of fused-ring (bicyclic) bond motifs is 9. The van der Waals surface area contributed by atoms with Gasteiger partial charge in [0, 0.05) is 69.8 Å². The molecular weight excluding hydrogens is 787 g/mol. The van der Waals surface area contributed by atoms with E-state index < -0.39 is 0 Å². The van der Waals surface area contributed by atoms with Crippen LogP contribution in [0.2, 0.25) is 0 Å². The van der Waals surface area contributed by atoms with Gasteiger partial charge in [0.2, 0.25) is 0 Å². The molecule has 0 saturated carbocycles. The minimum Gasteiger partial charge on any atom is -0.309 e. The highest BCUT2D eigenvalue weighted by atomic mass is 32.1. The van der Waals surface area contributed by atoms with Crippen LogP contribution in [0.15, 0.2) is 212 Å². The Labute approximate surface area is 366 Å². The van der Waals surface area contributed by atoms with Crippen LogP contribution < -0.4 is 0 Å². The monoisotopic (exact) mass is 821 g/mol. The zero-order valence-electron chi connectivity index (χ0n) is 33.9. The van der Waals surface area contributed by atoms with Gasteiger partial charge in [-0.25, -0.2) is 15.0 Å². The second-order valence-electron chi connectivity index (χ2n) is 16.0. The Kier molecular flexibility index (Phi) is 8.01. The predicted molar refractivity (Wildman–Crippen MR) is 263 cm³/mol. The SMILES string of the molecule is c1ccc(-c2ccc3c(c2)c2ccccc2n3-c2cccc(-c3nc(-c4ccc5c(c4)c4ccccc4n5-c4ccccc4)nc(-c4cccc5c4sc4ccccc45)n3)c2)cc1. The fourth-order valence-electron chi connectivity index (χ4n) is 9.49. The quantitative estimate of drug-likeness (QED) is 0.168. The van der Waals surface area contributed by atoms with E-state index in [4.69, 9.17) is 15.0 Å². The van der Waals surface area contributed by atoms with E-state index in [0.717, 1.165) is 60.2 Å². The van der Waals surface area contributed by atoms with Crippen molar-refractivity contribution in [2.45, 2.75) is 0 Å². The molecule has 13 rings (SSSR count). The molecule has 0 aliphatic rings. The fraction of sp³-hybridized carbons (Fsp3) is 0. The van der Waals surface area contributed by atoms with Gasteiger partial charge in [0.05, 0.1) is 22.1 Å². The van der Waals surface area contributed by atoms with E-state index in [9.17, 15) is 0 Å². The fourth-order valence-corrected chi connectivity index (χ4v) is 10.7. The van der Waals surface area contributed by atoms with Gasteiger partial charge in [-0.15, -0.1) is 11.3 Å². The van der Waals surface area contributed by atoms with Gasteiger partial charge >= 0.3 is 0 Å². The maximum Gasteiger partial charge on any atom is 0.165 e. The average Bonchev–Trinajstić information content (AvgIpc) is 4.02. The smallest absolute Gasteiger partial charge is 0.165 e. The van der Waals surface area contributed by atoms with Crippen molar-refractivity contribution in [2.24, 2.45) is 0 Å². The molecule has 63 heavy (non-hydrogen) atoms. The van der Waals surface area contributed by atoms with Gasteiger partial charge in [-0.05, 0) is 90.0 Å². The van der Waals surface area contributed by atoms with E-state index in [1.165, 1.54) is 42.8 Å². The molecular formula is C57H35N5S. The van der Waals surface area contributed by atoms with Gasteiger partial charge in [0.25, 0.3) is 0 Å². The molecule has 6 heteroatoms. The summed E-state index contributed by atoms with van der Waals surface area (Å²) in [6.07, 6.45) is 0. The van der Waals surface area contributed by atoms with Crippen LogP contribution in [0.1, 0.15) is 0 Å². The van der Waals surface area contributed by atoms with Crippen molar-refractivity contribution in [3.63, 3.8) is 0 Å². The Bertz CT molecular complexity index is 3920. The van der Waals surface area contributed by atoms with Crippen LogP contribution in [0.5, 0.6) is 0 Å². The van der Waals surface area contributed by atoms with Crippen molar-refractivity contribution in [1.29, 1.82) is 0 Å². The second-order valence-corrected chi connectivity index (χ2v) is 17.1. The predicted octanol–water partition coefficient (Wildman–Crippen LogP) is 15.1. The second kappa shape index (κ2) is 14.2. The minimum atomic E-state index is 0.619. The van der Waals surface area contributed by atoms with Gasteiger partial charge in [0.1, 0.15) is 0 Å². The van der Waals surface area contributed by atoms with Crippen LogP contribution >= 0.6 is 11.3 Å². The molecule has 0 N–H and O–H groups in total. The molecule has 4 heterocycles. The molecule has 4 aromatic heterocycles. The zero-order chi connectivity index (χ0) is 41.4. The Morgan fingerprint density at radius 1 is 0.302 bits per heavy atom. The highest BCUT2D eigenvalue weighted by Gasteiger charge is 2.20. The van der Waals surface area contributed by atoms with Crippen LogP contribution in [0.25, 0.3) is 120 Å². The molecule has 5 nitrogen and oxygen atoms in total. The summed E-state index contributed by atoms with van der Waals surface area (Å²) < 4.78 is 7.10. The number of benzene rings is 9. The highest BCUT2D eigenvalue weighted by molar-refractivity contribution is 7.26. The molecule has 9 aromatic carbocycles. The van der Waals surface area contributed by atoms with Crippen molar-refractivity contribution in [1.82, 2.24) is 24.1 Å². The molecule has 0 atom stereocenters. The molecule has 13 aromatic rings. The molecule has 0 aliphatic carbocycles. The summed E-state index contributed by atoms with van der Waals surface area (Å²) >= 11 is 1.79. The van der Waals surface area contributed by atoms with Crippen LogP contribution in [-0.2, 0) is 0 Å². The number of aromatic nitrogens is 5. The third-order valence-corrected chi connectivity index (χ3v) is 13.6. The molecule has 0 amide bonds. The van der Waals surface area contributed by atoms with Gasteiger partial charge in [-0.3, -0.25) is 0 Å². The lowest BCUT2D eigenvalue weighted by molar-refractivity contribution is 1.07. The lowest BCUT2D eigenvalue weighted by Crippen LogP contribution is -2.01. The van der Waals surface area contributed by atoms with Crippen LogP contribution in [-0.4, -0.2) is 24.1 Å². The van der Waals surface area contributed by atoms with Crippen molar-refractivity contribution in [3.05, 3.63) is 212 Å². The summed E-state index contributed by atoms with van der Waals surface area (Å²) in [5.41, 5.74) is 12.0. The molecule has 0 bridgehead atoms. The van der Waals surface area contributed by atoms with Crippen LogP contribution in [0.4, 0.5) is 0 Å². The Hall–Kier alpha value is -8.19. The van der Waals surface area contributed by atoms with Gasteiger partial charge in [0.15, 0.2) is 17.5 Å². The van der Waals surface area contributed by atoms with E-state index in [-0.39, 0.29) is 0 Å². The summed E-state index contributed by atoms with van der Waals surface area (Å²) in [5.74, 6) is 1.89.